The predicted octanol–water partition coefficient (Wildman–Crippen LogP) is -0.422. The fourth-order valence-electron chi connectivity index (χ4n) is 2.47. The molecule has 1 aliphatic rings. The predicted molar refractivity (Wildman–Crippen MR) is 81.4 cm³/mol. The van der Waals surface area contributed by atoms with Crippen molar-refractivity contribution < 1.29 is 31.0 Å². The van der Waals surface area contributed by atoms with E-state index in [1.165, 1.54) is 44.9 Å². The molecule has 0 saturated heterocycles. The van der Waals surface area contributed by atoms with Gasteiger partial charge >= 0.3 is 140 Å². The molecule has 6 heteroatoms. The fourth-order valence-corrected chi connectivity index (χ4v) is 5.17. The first-order valence-corrected chi connectivity index (χ1v) is 10.4. The molecule has 0 heterocycles. The van der Waals surface area contributed by atoms with Crippen molar-refractivity contribution in [2.75, 3.05) is 13.8 Å². The van der Waals surface area contributed by atoms with Crippen LogP contribution in [0.15, 0.2) is 0 Å². The van der Waals surface area contributed by atoms with Gasteiger partial charge in [0, 0.05) is 0 Å². The molecule has 21 heavy (non-hydrogen) atoms. The van der Waals surface area contributed by atoms with Gasteiger partial charge in [-0.05, 0) is 0 Å². The summed E-state index contributed by atoms with van der Waals surface area (Å²) in [5, 5.41) is 5.13. The molecule has 0 spiro atoms. The third kappa shape index (κ3) is 9.52. The van der Waals surface area contributed by atoms with E-state index in [-0.39, 0.29) is 40.5 Å². The first-order chi connectivity index (χ1) is 10.1. The fraction of sp³-hybridized carbons (Fsp3) is 0.933. The number of urea groups is 1. The Labute approximate surface area is 140 Å². The summed E-state index contributed by atoms with van der Waals surface area (Å²) in [6, 6.07) is -0.206. The Morgan fingerprint density at radius 2 is 1.90 bits per heavy atom. The number of rotatable bonds is 6. The Morgan fingerprint density at radius 1 is 1.24 bits per heavy atom. The number of halogens is 1. The van der Waals surface area contributed by atoms with Crippen LogP contribution in [0.4, 0.5) is 4.79 Å². The van der Waals surface area contributed by atoms with E-state index in [0.29, 0.717) is 0 Å². The van der Waals surface area contributed by atoms with Crippen molar-refractivity contribution in [1.82, 2.24) is 14.2 Å². The van der Waals surface area contributed by atoms with Gasteiger partial charge in [-0.2, -0.15) is 0 Å². The molecule has 1 aliphatic carbocycles. The molecule has 3 unspecified atom stereocenters. The molecule has 0 aromatic heterocycles. The summed E-state index contributed by atoms with van der Waals surface area (Å²) in [4.78, 5) is 11.0. The Morgan fingerprint density at radius 3 is 2.67 bits per heavy atom. The van der Waals surface area contributed by atoms with Crippen molar-refractivity contribution in [1.29, 1.82) is 0 Å². The average molecular weight is 412 g/mol. The summed E-state index contributed by atoms with van der Waals surface area (Å²) >= 11 is -0.0338. The van der Waals surface area contributed by atoms with E-state index in [9.17, 15) is 4.79 Å². The number of ether oxygens (including phenoxy) is 1. The van der Waals surface area contributed by atoms with Gasteiger partial charge in [0.15, 0.2) is 0 Å². The summed E-state index contributed by atoms with van der Waals surface area (Å²) in [6.45, 7) is 4.66. The number of carbonyl (C=O) groups is 1. The SMILES string of the molecule is CNC(=O)NCOC(C)N[I-]C1CCCCC(C)CCC1. The number of alkyl halides is 1. The topological polar surface area (TPSA) is 62.4 Å². The minimum absolute atomic E-state index is 0.0153. The molecule has 3 atom stereocenters. The summed E-state index contributed by atoms with van der Waals surface area (Å²) in [7, 11) is 1.60. The normalized spacial score (nSPS) is 25.5. The first-order valence-electron chi connectivity index (χ1n) is 8.07. The van der Waals surface area contributed by atoms with E-state index in [1.807, 2.05) is 6.92 Å². The Hall–Kier alpha value is -0.0800. The molecule has 0 radical (unpaired) electrons. The van der Waals surface area contributed by atoms with Crippen molar-refractivity contribution in [2.24, 2.45) is 5.92 Å². The monoisotopic (exact) mass is 412 g/mol. The van der Waals surface area contributed by atoms with Crippen molar-refractivity contribution in [3.63, 3.8) is 0 Å². The van der Waals surface area contributed by atoms with E-state index in [2.05, 4.69) is 21.1 Å². The van der Waals surface area contributed by atoms with Gasteiger partial charge in [0.25, 0.3) is 0 Å². The van der Waals surface area contributed by atoms with Crippen LogP contribution in [0.25, 0.3) is 0 Å². The second kappa shape index (κ2) is 11.5. The number of carbonyl (C=O) groups excluding carboxylic acids is 1. The zero-order valence-electron chi connectivity index (χ0n) is 13.6. The maximum absolute atomic E-state index is 11.0. The summed E-state index contributed by atoms with van der Waals surface area (Å²) < 4.78 is 9.96. The van der Waals surface area contributed by atoms with Crippen LogP contribution in [0.1, 0.15) is 58.8 Å². The molecule has 0 aromatic rings. The molecule has 5 nitrogen and oxygen atoms in total. The van der Waals surface area contributed by atoms with Gasteiger partial charge in [-0.1, -0.05) is 0 Å². The van der Waals surface area contributed by atoms with Crippen LogP contribution >= 0.6 is 0 Å². The van der Waals surface area contributed by atoms with Gasteiger partial charge in [0.2, 0.25) is 0 Å². The molecule has 3 N–H and O–H groups in total. The van der Waals surface area contributed by atoms with Gasteiger partial charge in [-0.25, -0.2) is 0 Å². The standard InChI is InChI=1S/C15H31IN3O2/c1-12-7-4-5-9-14(10-6-8-12)16-19-13(2)21-11-18-15(20)17-3/h12-14,19H,4-11H2,1-3H3,(H2,17,18,20)/q-1. The molecular weight excluding hydrogens is 381 g/mol. The van der Waals surface area contributed by atoms with Crippen LogP contribution in [0, 0.1) is 5.92 Å². The molecule has 0 aliphatic heterocycles. The summed E-state index contributed by atoms with van der Waals surface area (Å²) in [6.07, 6.45) is 9.70. The van der Waals surface area contributed by atoms with Crippen LogP contribution in [0.2, 0.25) is 0 Å². The second-order valence-corrected chi connectivity index (χ2v) is 8.85. The molecule has 126 valence electrons. The molecular formula is C15H31IN3O2-. The van der Waals surface area contributed by atoms with E-state index in [1.54, 1.807) is 7.05 Å². The van der Waals surface area contributed by atoms with Crippen LogP contribution in [-0.4, -0.2) is 30.0 Å². The third-order valence-corrected chi connectivity index (χ3v) is 7.21. The Balaban J connectivity index is 2.15. The average Bonchev–Trinajstić information content (AvgIpc) is 2.57. The molecule has 1 fully saturated rings. The summed E-state index contributed by atoms with van der Waals surface area (Å²) in [5.41, 5.74) is 0. The molecule has 1 saturated carbocycles. The van der Waals surface area contributed by atoms with Gasteiger partial charge in [-0.3, -0.25) is 0 Å². The van der Waals surface area contributed by atoms with Crippen molar-refractivity contribution in [3.05, 3.63) is 0 Å². The van der Waals surface area contributed by atoms with Gasteiger partial charge < -0.3 is 0 Å². The maximum atomic E-state index is 11.0. The molecule has 0 bridgehead atoms. The molecule has 1 rings (SSSR count). The van der Waals surface area contributed by atoms with Crippen molar-refractivity contribution in [2.45, 2.75) is 68.9 Å². The number of hydrogen-bond donors (Lipinski definition) is 3. The quantitative estimate of drug-likeness (QED) is 0.240. The van der Waals surface area contributed by atoms with Gasteiger partial charge in [0.05, 0.1) is 0 Å². The van der Waals surface area contributed by atoms with Crippen molar-refractivity contribution in [3.8, 4) is 0 Å². The van der Waals surface area contributed by atoms with E-state index >= 15 is 0 Å². The Kier molecular flexibility index (Phi) is 10.4. The Bertz CT molecular complexity index is 292. The number of nitrogens with one attached hydrogen (secondary N) is 3. The van der Waals surface area contributed by atoms with Crippen LogP contribution < -0.4 is 35.6 Å². The first kappa shape index (κ1) is 19.0. The van der Waals surface area contributed by atoms with E-state index in [4.69, 9.17) is 4.74 Å². The van der Waals surface area contributed by atoms with Gasteiger partial charge in [-0.15, -0.1) is 0 Å². The number of amides is 2. The zero-order valence-corrected chi connectivity index (χ0v) is 15.7. The van der Waals surface area contributed by atoms with Crippen LogP contribution in [-0.2, 0) is 4.74 Å². The minimum atomic E-state index is -0.206. The second-order valence-electron chi connectivity index (χ2n) is 5.85. The van der Waals surface area contributed by atoms with E-state index < -0.39 is 0 Å². The van der Waals surface area contributed by atoms with Crippen LogP contribution in [0.3, 0.4) is 0 Å². The van der Waals surface area contributed by atoms with Crippen molar-refractivity contribution >= 4 is 6.03 Å². The van der Waals surface area contributed by atoms with Gasteiger partial charge in [0.1, 0.15) is 0 Å². The van der Waals surface area contributed by atoms with Crippen LogP contribution in [0.5, 0.6) is 0 Å². The zero-order chi connectivity index (χ0) is 15.5. The van der Waals surface area contributed by atoms with E-state index in [0.717, 1.165) is 9.84 Å². The molecule has 2 amide bonds. The third-order valence-electron chi connectivity index (χ3n) is 3.84. The molecule has 0 aromatic carbocycles. The summed E-state index contributed by atoms with van der Waals surface area (Å²) in [5.74, 6) is 0.910. The number of hydrogen-bond acceptors (Lipinski definition) is 3.